The summed E-state index contributed by atoms with van der Waals surface area (Å²) in [6.07, 6.45) is 3.23. The highest BCUT2D eigenvalue weighted by Crippen LogP contribution is 2.29. The van der Waals surface area contributed by atoms with Crippen molar-refractivity contribution in [1.29, 1.82) is 0 Å². The van der Waals surface area contributed by atoms with Gasteiger partial charge in [0.2, 0.25) is 0 Å². The fraction of sp³-hybridized carbons (Fsp3) is 0.172. The summed E-state index contributed by atoms with van der Waals surface area (Å²) in [5.74, 6) is 0.574. The van der Waals surface area contributed by atoms with Crippen molar-refractivity contribution >= 4 is 40.0 Å². The van der Waals surface area contributed by atoms with Crippen LogP contribution in [0.2, 0.25) is 0 Å². The number of nitrogens with zero attached hydrogens (tertiary/aromatic N) is 3. The number of rotatable bonds is 8. The van der Waals surface area contributed by atoms with Crippen LogP contribution >= 0.6 is 0 Å². The molecule has 0 bridgehead atoms. The highest BCUT2D eigenvalue weighted by molar-refractivity contribution is 6.32. The van der Waals surface area contributed by atoms with Crippen molar-refractivity contribution in [2.75, 3.05) is 24.0 Å². The van der Waals surface area contributed by atoms with Crippen molar-refractivity contribution in [1.82, 2.24) is 4.57 Å². The minimum atomic E-state index is -0.642. The zero-order valence-corrected chi connectivity index (χ0v) is 20.3. The Bertz CT molecular complexity index is 1460. The van der Waals surface area contributed by atoms with Crippen LogP contribution in [0.3, 0.4) is 0 Å². The number of carbonyl (C=O) groups is 1. The molecular formula is C29H28N4O3. The van der Waals surface area contributed by atoms with Crippen LogP contribution in [0.1, 0.15) is 12.5 Å². The number of ether oxygens (including phenoxy) is 1. The van der Waals surface area contributed by atoms with E-state index in [-0.39, 0.29) is 5.91 Å². The van der Waals surface area contributed by atoms with E-state index >= 15 is 0 Å². The van der Waals surface area contributed by atoms with Crippen molar-refractivity contribution in [3.8, 4) is 5.75 Å². The average molecular weight is 481 g/mol. The van der Waals surface area contributed by atoms with E-state index in [2.05, 4.69) is 10.4 Å². The Morgan fingerprint density at radius 2 is 1.75 bits per heavy atom. The van der Waals surface area contributed by atoms with Crippen LogP contribution in [0.15, 0.2) is 95.7 Å². The number of aromatic nitrogens is 1. The van der Waals surface area contributed by atoms with Crippen molar-refractivity contribution in [3.05, 3.63) is 96.2 Å². The molecule has 7 nitrogen and oxygen atoms in total. The Labute approximate surface area is 209 Å². The van der Waals surface area contributed by atoms with E-state index in [4.69, 9.17) is 4.74 Å². The lowest BCUT2D eigenvalue weighted by Gasteiger charge is -2.16. The molecule has 2 heterocycles. The third kappa shape index (κ3) is 4.61. The van der Waals surface area contributed by atoms with Crippen molar-refractivity contribution in [3.63, 3.8) is 0 Å². The zero-order valence-electron chi connectivity index (χ0n) is 20.3. The van der Waals surface area contributed by atoms with Gasteiger partial charge in [-0.2, -0.15) is 10.1 Å². The second-order valence-electron chi connectivity index (χ2n) is 8.68. The maximum atomic E-state index is 13.2. The molecule has 1 aliphatic heterocycles. The van der Waals surface area contributed by atoms with E-state index in [9.17, 15) is 9.90 Å². The normalized spacial score (nSPS) is 15.4. The first kappa shape index (κ1) is 23.4. The molecule has 0 saturated carbocycles. The summed E-state index contributed by atoms with van der Waals surface area (Å²) in [5, 5.41) is 21.0. The molecule has 2 N–H and O–H groups in total. The first-order valence-corrected chi connectivity index (χ1v) is 11.8. The maximum absolute atomic E-state index is 13.2. The van der Waals surface area contributed by atoms with Gasteiger partial charge in [-0.15, -0.1) is 0 Å². The van der Waals surface area contributed by atoms with Gasteiger partial charge in [-0.05, 0) is 43.3 Å². The average Bonchev–Trinajstić information content (AvgIpc) is 3.40. The molecule has 5 rings (SSSR count). The van der Waals surface area contributed by atoms with Gasteiger partial charge < -0.3 is 19.7 Å². The quantitative estimate of drug-likeness (QED) is 0.351. The summed E-state index contributed by atoms with van der Waals surface area (Å²) in [5.41, 5.74) is 4.68. The number of anilines is 2. The molecule has 3 aromatic carbocycles. The van der Waals surface area contributed by atoms with Crippen LogP contribution in [0.4, 0.5) is 11.4 Å². The number of methoxy groups -OCH3 is 1. The van der Waals surface area contributed by atoms with E-state index in [1.807, 2.05) is 103 Å². The van der Waals surface area contributed by atoms with Gasteiger partial charge in [-0.25, -0.2) is 0 Å². The molecule has 1 amide bonds. The summed E-state index contributed by atoms with van der Waals surface area (Å²) < 4.78 is 7.40. The molecule has 0 spiro atoms. The van der Waals surface area contributed by atoms with Crippen molar-refractivity contribution < 1.29 is 14.6 Å². The molecule has 7 heteroatoms. The molecule has 36 heavy (non-hydrogen) atoms. The van der Waals surface area contributed by atoms with Crippen molar-refractivity contribution in [2.45, 2.75) is 19.6 Å². The van der Waals surface area contributed by atoms with Gasteiger partial charge in [0.1, 0.15) is 5.75 Å². The summed E-state index contributed by atoms with van der Waals surface area (Å²) in [4.78, 5) is 13.2. The zero-order chi connectivity index (χ0) is 25.1. The van der Waals surface area contributed by atoms with Crippen LogP contribution in [0.5, 0.6) is 5.75 Å². The SMILES string of the molecule is COc1ccccc1NC[C@@H](O)Cn1cc(/C=C2/C(=O)N(c3ccccc3)N=C2C)c2ccccc21. The standard InChI is InChI=1S/C29H28N4O3/c1-20-25(29(35)33(31-20)22-10-4-3-5-11-22)16-21-18-32(27-14-8-6-12-24(21)27)19-23(34)17-30-26-13-7-9-15-28(26)36-2/h3-16,18,23,30,34H,17,19H2,1-2H3/b25-16+/t23-/m1/s1. The number of hydrazone groups is 1. The summed E-state index contributed by atoms with van der Waals surface area (Å²) in [7, 11) is 1.62. The van der Waals surface area contributed by atoms with Crippen LogP contribution in [0, 0.1) is 0 Å². The molecule has 1 atom stereocenters. The number of aliphatic hydroxyl groups is 1. The monoisotopic (exact) mass is 480 g/mol. The number of aliphatic hydroxyl groups excluding tert-OH is 1. The van der Waals surface area contributed by atoms with Crippen molar-refractivity contribution in [2.24, 2.45) is 5.10 Å². The van der Waals surface area contributed by atoms with Crippen LogP contribution < -0.4 is 15.1 Å². The molecular weight excluding hydrogens is 452 g/mol. The number of amides is 1. The summed E-state index contributed by atoms with van der Waals surface area (Å²) in [6.45, 7) is 2.60. The van der Waals surface area contributed by atoms with Gasteiger partial charge >= 0.3 is 0 Å². The lowest BCUT2D eigenvalue weighted by Crippen LogP contribution is -2.24. The number of hydrogen-bond acceptors (Lipinski definition) is 5. The number of hydrogen-bond donors (Lipinski definition) is 2. The largest absolute Gasteiger partial charge is 0.495 e. The Morgan fingerprint density at radius 1 is 1.03 bits per heavy atom. The third-order valence-corrected chi connectivity index (χ3v) is 6.23. The van der Waals surface area contributed by atoms with E-state index in [0.29, 0.717) is 24.4 Å². The molecule has 0 aliphatic carbocycles. The Hall–Kier alpha value is -4.36. The van der Waals surface area contributed by atoms with Crippen LogP contribution in [-0.4, -0.2) is 41.1 Å². The van der Waals surface area contributed by atoms with E-state index in [1.165, 1.54) is 5.01 Å². The Balaban J connectivity index is 1.38. The minimum absolute atomic E-state index is 0.156. The summed E-state index contributed by atoms with van der Waals surface area (Å²) >= 11 is 0. The van der Waals surface area contributed by atoms with Crippen LogP contribution in [0.25, 0.3) is 17.0 Å². The van der Waals surface area contributed by atoms with E-state index < -0.39 is 6.10 Å². The number of carbonyl (C=O) groups excluding carboxylic acids is 1. The second-order valence-corrected chi connectivity index (χ2v) is 8.68. The van der Waals surface area contributed by atoms with Gasteiger partial charge in [-0.3, -0.25) is 4.79 Å². The predicted molar refractivity (Wildman–Crippen MR) is 144 cm³/mol. The summed E-state index contributed by atoms with van der Waals surface area (Å²) in [6, 6.07) is 25.0. The van der Waals surface area contributed by atoms with Gasteiger partial charge in [0.15, 0.2) is 0 Å². The predicted octanol–water partition coefficient (Wildman–Crippen LogP) is 4.93. The Kier molecular flexibility index (Phi) is 6.56. The topological polar surface area (TPSA) is 79.1 Å². The fourth-order valence-corrected chi connectivity index (χ4v) is 4.44. The third-order valence-electron chi connectivity index (χ3n) is 6.23. The number of para-hydroxylation sites is 4. The number of fused-ring (bicyclic) bond motifs is 1. The molecule has 0 fully saturated rings. The molecule has 182 valence electrons. The number of nitrogens with one attached hydrogen (secondary N) is 1. The first-order valence-electron chi connectivity index (χ1n) is 11.8. The van der Waals surface area contributed by atoms with Gasteiger partial charge in [0.05, 0.1) is 42.4 Å². The fourth-order valence-electron chi connectivity index (χ4n) is 4.44. The molecule has 1 aliphatic rings. The van der Waals surface area contributed by atoms with Gasteiger partial charge in [-0.1, -0.05) is 48.5 Å². The highest BCUT2D eigenvalue weighted by atomic mass is 16.5. The van der Waals surface area contributed by atoms with Gasteiger partial charge in [0, 0.05) is 29.2 Å². The first-order chi connectivity index (χ1) is 17.5. The molecule has 0 saturated heterocycles. The van der Waals surface area contributed by atoms with Crippen LogP contribution in [-0.2, 0) is 11.3 Å². The highest BCUT2D eigenvalue weighted by Gasteiger charge is 2.29. The van der Waals surface area contributed by atoms with E-state index in [0.717, 1.165) is 33.6 Å². The van der Waals surface area contributed by atoms with Gasteiger partial charge in [0.25, 0.3) is 5.91 Å². The number of benzene rings is 3. The smallest absolute Gasteiger partial charge is 0.280 e. The molecule has 1 aromatic heterocycles. The second kappa shape index (κ2) is 10.1. The maximum Gasteiger partial charge on any atom is 0.280 e. The minimum Gasteiger partial charge on any atom is -0.495 e. The Morgan fingerprint density at radius 3 is 2.56 bits per heavy atom. The lowest BCUT2D eigenvalue weighted by molar-refractivity contribution is -0.114. The van der Waals surface area contributed by atoms with E-state index in [1.54, 1.807) is 7.11 Å². The lowest BCUT2D eigenvalue weighted by atomic mass is 10.1. The molecule has 0 unspecified atom stereocenters. The molecule has 0 radical (unpaired) electrons. The molecule has 4 aromatic rings.